The highest BCUT2D eigenvalue weighted by Gasteiger charge is 1.92. The van der Waals surface area contributed by atoms with Crippen LogP contribution in [0.25, 0.3) is 0 Å². The first kappa shape index (κ1) is 9.54. The molecule has 0 saturated heterocycles. The van der Waals surface area contributed by atoms with Crippen molar-refractivity contribution in [2.24, 2.45) is 5.73 Å². The van der Waals surface area contributed by atoms with Gasteiger partial charge in [0.05, 0.1) is 0 Å². The van der Waals surface area contributed by atoms with E-state index >= 15 is 0 Å². The number of hydrogen-bond acceptors (Lipinski definition) is 2. The SMILES string of the molecule is Cc1ccc(CNNC(N)=O)cc1. The third kappa shape index (κ3) is 3.57. The van der Waals surface area contributed by atoms with Gasteiger partial charge >= 0.3 is 6.03 Å². The van der Waals surface area contributed by atoms with Gasteiger partial charge in [0.2, 0.25) is 0 Å². The summed E-state index contributed by atoms with van der Waals surface area (Å²) in [5, 5.41) is 0. The van der Waals surface area contributed by atoms with Crippen LogP contribution in [-0.2, 0) is 6.54 Å². The van der Waals surface area contributed by atoms with Crippen LogP contribution >= 0.6 is 0 Å². The quantitative estimate of drug-likeness (QED) is 0.597. The van der Waals surface area contributed by atoms with Crippen LogP contribution < -0.4 is 16.6 Å². The maximum atomic E-state index is 10.3. The van der Waals surface area contributed by atoms with E-state index in [1.807, 2.05) is 31.2 Å². The number of nitrogens with two attached hydrogens (primary N) is 1. The van der Waals surface area contributed by atoms with E-state index in [0.717, 1.165) is 5.56 Å². The van der Waals surface area contributed by atoms with E-state index in [0.29, 0.717) is 6.54 Å². The van der Waals surface area contributed by atoms with Gasteiger partial charge in [0.1, 0.15) is 0 Å². The number of primary amides is 1. The number of benzene rings is 1. The summed E-state index contributed by atoms with van der Waals surface area (Å²) in [4.78, 5) is 10.3. The molecule has 0 aliphatic rings. The van der Waals surface area contributed by atoms with E-state index in [-0.39, 0.29) is 0 Å². The Labute approximate surface area is 77.1 Å². The molecule has 2 amide bonds. The van der Waals surface area contributed by atoms with Gasteiger partial charge in [-0.05, 0) is 12.5 Å². The summed E-state index contributed by atoms with van der Waals surface area (Å²) in [6, 6.07) is 7.44. The van der Waals surface area contributed by atoms with Crippen LogP contribution in [-0.4, -0.2) is 6.03 Å². The molecule has 1 aromatic rings. The molecule has 1 aromatic carbocycles. The van der Waals surface area contributed by atoms with Crippen molar-refractivity contribution in [2.45, 2.75) is 13.5 Å². The van der Waals surface area contributed by atoms with Crippen LogP contribution in [0.3, 0.4) is 0 Å². The fourth-order valence-electron chi connectivity index (χ4n) is 0.939. The molecule has 0 fully saturated rings. The molecule has 0 unspecified atom stereocenters. The largest absolute Gasteiger partial charge is 0.351 e. The zero-order valence-corrected chi connectivity index (χ0v) is 7.50. The second kappa shape index (κ2) is 4.47. The van der Waals surface area contributed by atoms with Gasteiger partial charge in [-0.3, -0.25) is 5.43 Å². The van der Waals surface area contributed by atoms with Gasteiger partial charge in [0.25, 0.3) is 0 Å². The lowest BCUT2D eigenvalue weighted by Crippen LogP contribution is -2.40. The minimum absolute atomic E-state index is 0.573. The minimum atomic E-state index is -0.577. The third-order valence-corrected chi connectivity index (χ3v) is 1.62. The summed E-state index contributed by atoms with van der Waals surface area (Å²) in [7, 11) is 0. The molecular formula is C9H13N3O. The highest BCUT2D eigenvalue weighted by molar-refractivity contribution is 5.70. The van der Waals surface area contributed by atoms with E-state index < -0.39 is 6.03 Å². The molecule has 13 heavy (non-hydrogen) atoms. The normalized spacial score (nSPS) is 9.62. The maximum Gasteiger partial charge on any atom is 0.326 e. The van der Waals surface area contributed by atoms with Gasteiger partial charge in [-0.25, -0.2) is 10.2 Å². The lowest BCUT2D eigenvalue weighted by Gasteiger charge is -2.04. The molecule has 0 aliphatic carbocycles. The molecule has 0 bridgehead atoms. The number of rotatable bonds is 3. The highest BCUT2D eigenvalue weighted by atomic mass is 16.2. The topological polar surface area (TPSA) is 67.2 Å². The number of urea groups is 1. The lowest BCUT2D eigenvalue weighted by atomic mass is 10.1. The molecule has 0 aromatic heterocycles. The smallest absolute Gasteiger partial charge is 0.326 e. The fourth-order valence-corrected chi connectivity index (χ4v) is 0.939. The molecule has 0 aliphatic heterocycles. The summed E-state index contributed by atoms with van der Waals surface area (Å²) in [5.74, 6) is 0. The summed E-state index contributed by atoms with van der Waals surface area (Å²) < 4.78 is 0. The van der Waals surface area contributed by atoms with Crippen LogP contribution in [0, 0.1) is 6.92 Å². The number of carbonyl (C=O) groups excluding carboxylic acids is 1. The van der Waals surface area contributed by atoms with Crippen molar-refractivity contribution in [2.75, 3.05) is 0 Å². The van der Waals surface area contributed by atoms with E-state index in [4.69, 9.17) is 5.73 Å². The first-order valence-corrected chi connectivity index (χ1v) is 4.02. The minimum Gasteiger partial charge on any atom is -0.351 e. The van der Waals surface area contributed by atoms with E-state index in [1.54, 1.807) is 0 Å². The second-order valence-corrected chi connectivity index (χ2v) is 2.83. The maximum absolute atomic E-state index is 10.3. The van der Waals surface area contributed by atoms with Crippen LogP contribution in [0.15, 0.2) is 24.3 Å². The average Bonchev–Trinajstić information content (AvgIpc) is 2.08. The molecule has 0 heterocycles. The first-order valence-electron chi connectivity index (χ1n) is 4.02. The Balaban J connectivity index is 2.37. The van der Waals surface area contributed by atoms with Gasteiger partial charge < -0.3 is 5.73 Å². The van der Waals surface area contributed by atoms with Gasteiger partial charge in [-0.2, -0.15) is 0 Å². The van der Waals surface area contributed by atoms with Gasteiger partial charge in [0.15, 0.2) is 0 Å². The standard InChI is InChI=1S/C9H13N3O/c1-7-2-4-8(5-3-7)6-11-12-9(10)13/h2-5,11H,6H2,1H3,(H3,10,12,13). The molecule has 0 saturated carbocycles. The average molecular weight is 179 g/mol. The van der Waals surface area contributed by atoms with Gasteiger partial charge in [-0.1, -0.05) is 29.8 Å². The predicted octanol–water partition coefficient (Wildman–Crippen LogP) is 0.668. The highest BCUT2D eigenvalue weighted by Crippen LogP contribution is 2.01. The molecule has 4 nitrogen and oxygen atoms in total. The number of amides is 2. The third-order valence-electron chi connectivity index (χ3n) is 1.62. The molecule has 1 rings (SSSR count). The molecule has 0 spiro atoms. The molecule has 0 radical (unpaired) electrons. The summed E-state index contributed by atoms with van der Waals surface area (Å²) in [6.45, 7) is 2.60. The summed E-state index contributed by atoms with van der Waals surface area (Å²) in [6.07, 6.45) is 0. The van der Waals surface area contributed by atoms with Crippen LogP contribution in [0.2, 0.25) is 0 Å². The van der Waals surface area contributed by atoms with Crippen molar-refractivity contribution in [3.05, 3.63) is 35.4 Å². The fraction of sp³-hybridized carbons (Fsp3) is 0.222. The van der Waals surface area contributed by atoms with Crippen molar-refractivity contribution in [1.82, 2.24) is 10.9 Å². The number of nitrogens with one attached hydrogen (secondary N) is 2. The number of carbonyl (C=O) groups is 1. The zero-order valence-electron chi connectivity index (χ0n) is 7.50. The van der Waals surface area contributed by atoms with E-state index in [2.05, 4.69) is 10.9 Å². The summed E-state index contributed by atoms with van der Waals surface area (Å²) in [5.41, 5.74) is 12.2. The Morgan fingerprint density at radius 2 is 2.00 bits per heavy atom. The van der Waals surface area contributed by atoms with Gasteiger partial charge in [-0.15, -0.1) is 0 Å². The number of aryl methyl sites for hydroxylation is 1. The molecular weight excluding hydrogens is 166 g/mol. The monoisotopic (exact) mass is 179 g/mol. The zero-order chi connectivity index (χ0) is 9.68. The first-order chi connectivity index (χ1) is 6.18. The van der Waals surface area contributed by atoms with Crippen LogP contribution in [0.5, 0.6) is 0 Å². The van der Waals surface area contributed by atoms with E-state index in [9.17, 15) is 4.79 Å². The Morgan fingerprint density at radius 3 is 2.54 bits per heavy atom. The molecule has 4 heteroatoms. The summed E-state index contributed by atoms with van der Waals surface area (Å²) >= 11 is 0. The van der Waals surface area contributed by atoms with Crippen molar-refractivity contribution in [3.63, 3.8) is 0 Å². The Hall–Kier alpha value is -1.55. The number of hydrogen-bond donors (Lipinski definition) is 3. The van der Waals surface area contributed by atoms with Crippen molar-refractivity contribution in [1.29, 1.82) is 0 Å². The molecule has 4 N–H and O–H groups in total. The molecule has 0 atom stereocenters. The van der Waals surface area contributed by atoms with Crippen molar-refractivity contribution in [3.8, 4) is 0 Å². The number of hydrazine groups is 1. The van der Waals surface area contributed by atoms with E-state index in [1.165, 1.54) is 5.56 Å². The second-order valence-electron chi connectivity index (χ2n) is 2.83. The molecule has 70 valence electrons. The van der Waals surface area contributed by atoms with Gasteiger partial charge in [0, 0.05) is 6.54 Å². The van der Waals surface area contributed by atoms with Crippen LogP contribution in [0.4, 0.5) is 4.79 Å². The van der Waals surface area contributed by atoms with Crippen molar-refractivity contribution < 1.29 is 4.79 Å². The Kier molecular flexibility index (Phi) is 3.28. The Bertz CT molecular complexity index is 281. The lowest BCUT2D eigenvalue weighted by molar-refractivity contribution is 0.244. The van der Waals surface area contributed by atoms with Crippen LogP contribution in [0.1, 0.15) is 11.1 Å². The van der Waals surface area contributed by atoms with Crippen molar-refractivity contribution >= 4 is 6.03 Å². The predicted molar refractivity (Wildman–Crippen MR) is 50.7 cm³/mol. The Morgan fingerprint density at radius 1 is 1.38 bits per heavy atom.